The zero-order valence-electron chi connectivity index (χ0n) is 28.7. The van der Waals surface area contributed by atoms with E-state index in [1.165, 1.54) is 0 Å². The Labute approximate surface area is 313 Å². The molecule has 0 aliphatic heterocycles. The van der Waals surface area contributed by atoms with Crippen LogP contribution in [0.3, 0.4) is 0 Å². The Bertz CT molecular complexity index is 3040. The van der Waals surface area contributed by atoms with Crippen molar-refractivity contribution in [2.45, 2.75) is 0 Å². The van der Waals surface area contributed by atoms with Gasteiger partial charge in [0.15, 0.2) is 23.1 Å². The summed E-state index contributed by atoms with van der Waals surface area (Å²) in [5, 5.41) is 12.1. The van der Waals surface area contributed by atoms with E-state index in [4.69, 9.17) is 21.5 Å². The van der Waals surface area contributed by atoms with Gasteiger partial charge in [-0.05, 0) is 64.2 Å². The fraction of sp³-hybridized carbons (Fsp3) is 0. The molecule has 0 saturated carbocycles. The van der Waals surface area contributed by atoms with E-state index in [1.807, 2.05) is 91.0 Å². The fourth-order valence-corrected chi connectivity index (χ4v) is 7.06. The lowest BCUT2D eigenvalue weighted by Gasteiger charge is -2.18. The van der Waals surface area contributed by atoms with E-state index in [2.05, 4.69) is 17.0 Å². The highest BCUT2D eigenvalue weighted by Gasteiger charge is 2.23. The van der Waals surface area contributed by atoms with Crippen LogP contribution in [0.5, 0.6) is 0 Å². The first-order chi connectivity index (χ1) is 26.9. The van der Waals surface area contributed by atoms with Gasteiger partial charge in [-0.2, -0.15) is 5.26 Å². The number of benzene rings is 7. The smallest absolute Gasteiger partial charge is 0.194 e. The van der Waals surface area contributed by atoms with E-state index in [9.17, 15) is 18.4 Å². The molecule has 0 atom stereocenters. The van der Waals surface area contributed by atoms with Gasteiger partial charge in [-0.3, -0.25) is 0 Å². The van der Waals surface area contributed by atoms with Crippen LogP contribution in [-0.4, -0.2) is 15.0 Å². The molecule has 2 heterocycles. The summed E-state index contributed by atoms with van der Waals surface area (Å²) in [6, 6.07) is 45.6. The lowest BCUT2D eigenvalue weighted by molar-refractivity contribution is 0.448. The summed E-state index contributed by atoms with van der Waals surface area (Å²) >= 11 is 0. The topological polar surface area (TPSA) is 66.8 Å². The lowest BCUT2D eigenvalue weighted by Crippen LogP contribution is -2.00. The molecule has 0 aliphatic rings. The second-order valence-corrected chi connectivity index (χ2v) is 13.0. The third kappa shape index (κ3) is 5.79. The Morgan fingerprint density at radius 1 is 0.509 bits per heavy atom. The summed E-state index contributed by atoms with van der Waals surface area (Å²) in [6.45, 7) is 7.47. The zero-order valence-corrected chi connectivity index (χ0v) is 28.7. The van der Waals surface area contributed by atoms with Crippen molar-refractivity contribution in [3.8, 4) is 62.1 Å². The van der Waals surface area contributed by atoms with Gasteiger partial charge in [0.05, 0.1) is 51.8 Å². The maximum Gasteiger partial charge on any atom is 0.194 e. The molecule has 8 heteroatoms. The van der Waals surface area contributed by atoms with Gasteiger partial charge in [-0.15, -0.1) is 0 Å². The largest absolute Gasteiger partial charge is 0.247 e. The third-order valence-electron chi connectivity index (χ3n) is 9.72. The Kier molecular flexibility index (Phi) is 8.07. The van der Waals surface area contributed by atoms with Crippen molar-refractivity contribution in [1.82, 2.24) is 15.0 Å². The quantitative estimate of drug-likeness (QED) is 0.101. The molecule has 0 spiro atoms. The highest BCUT2D eigenvalue weighted by Crippen LogP contribution is 2.44. The van der Waals surface area contributed by atoms with Crippen LogP contribution in [0.1, 0.15) is 5.56 Å². The number of aromatic nitrogens is 3. The predicted molar refractivity (Wildman–Crippen MR) is 210 cm³/mol. The van der Waals surface area contributed by atoms with E-state index >= 15 is 0 Å². The number of hydrogen-bond donors (Lipinski definition) is 0. The van der Waals surface area contributed by atoms with Crippen LogP contribution in [0.15, 0.2) is 146 Å². The lowest BCUT2D eigenvalue weighted by atomic mass is 9.91. The van der Waals surface area contributed by atoms with Crippen LogP contribution in [0.2, 0.25) is 0 Å². The van der Waals surface area contributed by atoms with Crippen molar-refractivity contribution in [2.75, 3.05) is 0 Å². The van der Waals surface area contributed by atoms with Crippen molar-refractivity contribution in [1.29, 1.82) is 5.26 Å². The standard InChI is InChI=1S/C47H24F3N5/c1-52-34-21-19-32(20-22-34)45-46(31-13-11-27(26-51)12-14-31)55-47-40(54-45)25-36(29-7-3-2-4-8-29)41-35-9-5-6-10-39(35)53-44(42(41)47)30-17-15-28(16-18-30)33-23-37(48)43(50)38(49)24-33/h2-25H. The van der Waals surface area contributed by atoms with Crippen LogP contribution >= 0.6 is 0 Å². The summed E-state index contributed by atoms with van der Waals surface area (Å²) in [5.74, 6) is -4.04. The number of rotatable bonds is 5. The molecule has 0 fully saturated rings. The first-order valence-electron chi connectivity index (χ1n) is 17.3. The van der Waals surface area contributed by atoms with Gasteiger partial charge in [-0.25, -0.2) is 33.0 Å². The average molecular weight is 716 g/mol. The van der Waals surface area contributed by atoms with Gasteiger partial charge in [0.1, 0.15) is 0 Å². The summed E-state index contributed by atoms with van der Waals surface area (Å²) in [6.07, 6.45) is 0. The SMILES string of the molecule is [C-]#[N+]c1ccc(-c2nc3cc(-c4ccccc4)c4c5ccccc5nc(-c5ccc(-c6cc(F)c(F)c(F)c6)cc5)c4c3nc2-c2ccc(C#N)cc2)cc1. The van der Waals surface area contributed by atoms with E-state index in [0.29, 0.717) is 44.9 Å². The molecule has 0 unspecified atom stereocenters. The molecule has 2 aromatic heterocycles. The van der Waals surface area contributed by atoms with Gasteiger partial charge < -0.3 is 0 Å². The summed E-state index contributed by atoms with van der Waals surface area (Å²) < 4.78 is 42.2. The number of pyridine rings is 1. The maximum absolute atomic E-state index is 14.2. The van der Waals surface area contributed by atoms with Crippen molar-refractivity contribution >= 4 is 38.4 Å². The maximum atomic E-state index is 14.2. The molecule has 55 heavy (non-hydrogen) atoms. The van der Waals surface area contributed by atoms with Crippen molar-refractivity contribution < 1.29 is 13.2 Å². The number of para-hydroxylation sites is 1. The van der Waals surface area contributed by atoms with Gasteiger partial charge in [-0.1, -0.05) is 109 Å². The summed E-state index contributed by atoms with van der Waals surface area (Å²) in [5.41, 5.74) is 9.58. The molecule has 9 aromatic rings. The highest BCUT2D eigenvalue weighted by molar-refractivity contribution is 6.25. The highest BCUT2D eigenvalue weighted by atomic mass is 19.2. The van der Waals surface area contributed by atoms with Crippen LogP contribution in [0.25, 0.3) is 93.6 Å². The second-order valence-electron chi connectivity index (χ2n) is 13.0. The molecular weight excluding hydrogens is 692 g/mol. The molecule has 0 bridgehead atoms. The van der Waals surface area contributed by atoms with Crippen LogP contribution in [-0.2, 0) is 0 Å². The summed E-state index contributed by atoms with van der Waals surface area (Å²) in [4.78, 5) is 19.5. The van der Waals surface area contributed by atoms with Crippen molar-refractivity contribution in [3.05, 3.63) is 180 Å². The third-order valence-corrected chi connectivity index (χ3v) is 9.72. The Hall–Kier alpha value is -7.68. The molecule has 0 saturated heterocycles. The molecule has 0 radical (unpaired) electrons. The molecular formula is C47H24F3N5. The number of halogens is 3. The minimum atomic E-state index is -1.52. The Morgan fingerprint density at radius 3 is 1.75 bits per heavy atom. The van der Waals surface area contributed by atoms with Crippen LogP contribution < -0.4 is 0 Å². The summed E-state index contributed by atoms with van der Waals surface area (Å²) in [7, 11) is 0. The van der Waals surface area contributed by atoms with Crippen molar-refractivity contribution in [3.63, 3.8) is 0 Å². The zero-order chi connectivity index (χ0) is 37.6. The van der Waals surface area contributed by atoms with Crippen molar-refractivity contribution in [2.24, 2.45) is 0 Å². The van der Waals surface area contributed by atoms with Gasteiger partial charge in [0, 0.05) is 27.3 Å². The molecule has 7 aromatic carbocycles. The minimum absolute atomic E-state index is 0.200. The van der Waals surface area contributed by atoms with E-state index in [1.54, 1.807) is 36.4 Å². The molecule has 5 nitrogen and oxygen atoms in total. The monoisotopic (exact) mass is 715 g/mol. The van der Waals surface area contributed by atoms with Crippen LogP contribution in [0.4, 0.5) is 18.9 Å². The van der Waals surface area contributed by atoms with Gasteiger partial charge in [0.2, 0.25) is 0 Å². The molecule has 0 N–H and O–H groups in total. The first-order valence-corrected chi connectivity index (χ1v) is 17.3. The number of nitrogens with zero attached hydrogens (tertiary/aromatic N) is 5. The first kappa shape index (κ1) is 33.2. The van der Waals surface area contributed by atoms with Gasteiger partial charge in [0.25, 0.3) is 0 Å². The van der Waals surface area contributed by atoms with E-state index in [0.717, 1.165) is 61.6 Å². The molecule has 0 aliphatic carbocycles. The predicted octanol–water partition coefficient (Wildman–Crippen LogP) is 12.5. The number of nitriles is 1. The average Bonchev–Trinajstić information content (AvgIpc) is 3.24. The number of hydrogen-bond acceptors (Lipinski definition) is 4. The molecule has 9 rings (SSSR count). The van der Waals surface area contributed by atoms with E-state index < -0.39 is 17.5 Å². The number of fused-ring (bicyclic) bond motifs is 5. The molecule has 258 valence electrons. The Morgan fingerprint density at radius 2 is 1.07 bits per heavy atom. The van der Waals surface area contributed by atoms with E-state index in [-0.39, 0.29) is 5.56 Å². The Balaban J connectivity index is 1.40. The molecule has 0 amide bonds. The minimum Gasteiger partial charge on any atom is -0.247 e. The fourth-order valence-electron chi connectivity index (χ4n) is 7.06. The van der Waals surface area contributed by atoms with Crippen LogP contribution in [0, 0.1) is 35.4 Å². The van der Waals surface area contributed by atoms with Gasteiger partial charge >= 0.3 is 0 Å². The second kappa shape index (κ2) is 13.4. The normalized spacial score (nSPS) is 11.1.